The third-order valence-electron chi connectivity index (χ3n) is 4.11. The summed E-state index contributed by atoms with van der Waals surface area (Å²) in [4.78, 5) is 1.76. The first kappa shape index (κ1) is 15.9. The average Bonchev–Trinajstić information content (AvgIpc) is 2.81. The van der Waals surface area contributed by atoms with Crippen LogP contribution in [0.3, 0.4) is 0 Å². The van der Waals surface area contributed by atoms with Crippen molar-refractivity contribution in [2.24, 2.45) is 5.92 Å². The standard InChI is InChI=1S/C14H23NO3S2/c1-3-11-6-4-5-7-13(11)15-20(17,18)14-8-12(9-16)19-10(14)2/h8,11,13,15-16H,3-7,9H2,1-2H3. The number of nitrogens with one attached hydrogen (secondary N) is 1. The SMILES string of the molecule is CCC1CCCCC1NS(=O)(=O)c1cc(CO)sc1C. The van der Waals surface area contributed by atoms with Crippen LogP contribution >= 0.6 is 11.3 Å². The van der Waals surface area contributed by atoms with Crippen LogP contribution in [0.5, 0.6) is 0 Å². The highest BCUT2D eigenvalue weighted by molar-refractivity contribution is 7.89. The Morgan fingerprint density at radius 2 is 2.10 bits per heavy atom. The predicted molar refractivity (Wildman–Crippen MR) is 81.3 cm³/mol. The Kier molecular flexibility index (Phi) is 5.23. The molecule has 0 bridgehead atoms. The molecule has 1 heterocycles. The molecule has 0 radical (unpaired) electrons. The van der Waals surface area contributed by atoms with Gasteiger partial charge in [0.2, 0.25) is 10.0 Å². The molecule has 1 aliphatic rings. The van der Waals surface area contributed by atoms with E-state index in [-0.39, 0.29) is 12.6 Å². The second-order valence-electron chi connectivity index (χ2n) is 5.47. The van der Waals surface area contributed by atoms with Crippen molar-refractivity contribution in [1.29, 1.82) is 0 Å². The summed E-state index contributed by atoms with van der Waals surface area (Å²) < 4.78 is 27.9. The number of aliphatic hydroxyl groups is 1. The maximum atomic E-state index is 12.5. The number of sulfonamides is 1. The molecule has 114 valence electrons. The zero-order valence-corrected chi connectivity index (χ0v) is 13.7. The minimum atomic E-state index is -3.47. The van der Waals surface area contributed by atoms with E-state index in [1.165, 1.54) is 17.8 Å². The van der Waals surface area contributed by atoms with E-state index < -0.39 is 10.0 Å². The lowest BCUT2D eigenvalue weighted by molar-refractivity contribution is 0.282. The van der Waals surface area contributed by atoms with Gasteiger partial charge in [-0.05, 0) is 31.7 Å². The molecule has 6 heteroatoms. The minimum Gasteiger partial charge on any atom is -0.391 e. The largest absolute Gasteiger partial charge is 0.391 e. The van der Waals surface area contributed by atoms with Crippen molar-refractivity contribution < 1.29 is 13.5 Å². The lowest BCUT2D eigenvalue weighted by Gasteiger charge is -2.31. The van der Waals surface area contributed by atoms with Crippen molar-refractivity contribution in [3.8, 4) is 0 Å². The van der Waals surface area contributed by atoms with Crippen molar-refractivity contribution in [3.63, 3.8) is 0 Å². The Labute approximate surface area is 125 Å². The number of aliphatic hydroxyl groups excluding tert-OH is 1. The molecule has 2 atom stereocenters. The van der Waals surface area contributed by atoms with Gasteiger partial charge in [0.15, 0.2) is 0 Å². The molecule has 2 unspecified atom stereocenters. The Hall–Kier alpha value is -0.430. The third kappa shape index (κ3) is 3.42. The molecule has 1 fully saturated rings. The first-order valence-corrected chi connectivity index (χ1v) is 9.50. The molecule has 1 aromatic heterocycles. The summed E-state index contributed by atoms with van der Waals surface area (Å²) in [6, 6.07) is 1.64. The summed E-state index contributed by atoms with van der Waals surface area (Å²) in [5, 5.41) is 9.14. The number of rotatable bonds is 5. The molecule has 1 aliphatic carbocycles. The molecular formula is C14H23NO3S2. The summed E-state index contributed by atoms with van der Waals surface area (Å²) >= 11 is 1.34. The molecule has 0 spiro atoms. The van der Waals surface area contributed by atoms with Gasteiger partial charge in [0.25, 0.3) is 0 Å². The topological polar surface area (TPSA) is 66.4 Å². The summed E-state index contributed by atoms with van der Waals surface area (Å²) in [5.41, 5.74) is 0. The van der Waals surface area contributed by atoms with Gasteiger partial charge in [0, 0.05) is 15.8 Å². The van der Waals surface area contributed by atoms with Crippen molar-refractivity contribution in [1.82, 2.24) is 4.72 Å². The fourth-order valence-electron chi connectivity index (χ4n) is 2.98. The molecular weight excluding hydrogens is 294 g/mol. The summed E-state index contributed by atoms with van der Waals surface area (Å²) in [6.45, 7) is 3.80. The van der Waals surface area contributed by atoms with Crippen molar-refractivity contribution >= 4 is 21.4 Å². The van der Waals surface area contributed by atoms with Crippen LogP contribution in [0.4, 0.5) is 0 Å². The van der Waals surface area contributed by atoms with Crippen LogP contribution in [0.25, 0.3) is 0 Å². The Balaban J connectivity index is 2.19. The van der Waals surface area contributed by atoms with Gasteiger partial charge in [0.1, 0.15) is 0 Å². The Bertz CT molecular complexity index is 551. The Morgan fingerprint density at radius 1 is 1.40 bits per heavy atom. The van der Waals surface area contributed by atoms with Gasteiger partial charge in [-0.1, -0.05) is 26.2 Å². The minimum absolute atomic E-state index is 0.0515. The van der Waals surface area contributed by atoms with Gasteiger partial charge >= 0.3 is 0 Å². The van der Waals surface area contributed by atoms with Crippen LogP contribution in [-0.2, 0) is 16.6 Å². The third-order valence-corrected chi connectivity index (χ3v) is 6.89. The van der Waals surface area contributed by atoms with Crippen LogP contribution in [0.1, 0.15) is 48.8 Å². The summed E-state index contributed by atoms with van der Waals surface area (Å²) in [5.74, 6) is 0.440. The average molecular weight is 317 g/mol. The molecule has 0 saturated heterocycles. The van der Waals surface area contributed by atoms with Gasteiger partial charge in [0.05, 0.1) is 11.5 Å². The quantitative estimate of drug-likeness (QED) is 0.877. The molecule has 0 amide bonds. The van der Waals surface area contributed by atoms with E-state index in [9.17, 15) is 8.42 Å². The van der Waals surface area contributed by atoms with Crippen LogP contribution < -0.4 is 4.72 Å². The van der Waals surface area contributed by atoms with E-state index >= 15 is 0 Å². The summed E-state index contributed by atoms with van der Waals surface area (Å²) in [7, 11) is -3.47. The van der Waals surface area contributed by atoms with Crippen molar-refractivity contribution in [2.75, 3.05) is 0 Å². The second kappa shape index (κ2) is 6.56. The normalized spacial score (nSPS) is 23.9. The predicted octanol–water partition coefficient (Wildman–Crippen LogP) is 2.80. The van der Waals surface area contributed by atoms with Crippen LogP contribution in [0.15, 0.2) is 11.0 Å². The first-order valence-electron chi connectivity index (χ1n) is 7.20. The summed E-state index contributed by atoms with van der Waals surface area (Å²) in [6.07, 6.45) is 5.33. The smallest absolute Gasteiger partial charge is 0.241 e. The molecule has 0 aliphatic heterocycles. The zero-order valence-electron chi connectivity index (χ0n) is 12.1. The van der Waals surface area contributed by atoms with E-state index in [0.717, 1.165) is 30.6 Å². The zero-order chi connectivity index (χ0) is 14.8. The molecule has 2 rings (SSSR count). The highest BCUT2D eigenvalue weighted by Crippen LogP contribution is 2.30. The monoisotopic (exact) mass is 317 g/mol. The highest BCUT2D eigenvalue weighted by Gasteiger charge is 2.29. The Morgan fingerprint density at radius 3 is 2.70 bits per heavy atom. The molecule has 1 saturated carbocycles. The fraction of sp³-hybridized carbons (Fsp3) is 0.714. The van der Waals surface area contributed by atoms with E-state index in [1.807, 2.05) is 0 Å². The van der Waals surface area contributed by atoms with Gasteiger partial charge in [-0.2, -0.15) is 0 Å². The number of aryl methyl sites for hydroxylation is 1. The van der Waals surface area contributed by atoms with Gasteiger partial charge in [-0.15, -0.1) is 11.3 Å². The maximum absolute atomic E-state index is 12.5. The van der Waals surface area contributed by atoms with Crippen LogP contribution in [0.2, 0.25) is 0 Å². The van der Waals surface area contributed by atoms with E-state index in [2.05, 4.69) is 11.6 Å². The van der Waals surface area contributed by atoms with Gasteiger partial charge < -0.3 is 5.11 Å². The lowest BCUT2D eigenvalue weighted by atomic mass is 9.83. The highest BCUT2D eigenvalue weighted by atomic mass is 32.2. The van der Waals surface area contributed by atoms with Crippen LogP contribution in [0, 0.1) is 12.8 Å². The van der Waals surface area contributed by atoms with Crippen LogP contribution in [-0.4, -0.2) is 19.6 Å². The van der Waals surface area contributed by atoms with Crippen molar-refractivity contribution in [2.45, 2.75) is 63.5 Å². The number of thiophene rings is 1. The maximum Gasteiger partial charge on any atom is 0.241 e. The number of hydrogen-bond acceptors (Lipinski definition) is 4. The number of hydrogen-bond donors (Lipinski definition) is 2. The molecule has 4 nitrogen and oxygen atoms in total. The van der Waals surface area contributed by atoms with E-state index in [0.29, 0.717) is 15.7 Å². The van der Waals surface area contributed by atoms with E-state index in [4.69, 9.17) is 5.11 Å². The molecule has 1 aromatic rings. The molecule has 0 aromatic carbocycles. The molecule has 20 heavy (non-hydrogen) atoms. The van der Waals surface area contributed by atoms with Gasteiger partial charge in [-0.25, -0.2) is 13.1 Å². The van der Waals surface area contributed by atoms with E-state index in [1.54, 1.807) is 13.0 Å². The van der Waals surface area contributed by atoms with Crippen molar-refractivity contribution in [3.05, 3.63) is 15.8 Å². The van der Waals surface area contributed by atoms with Gasteiger partial charge in [-0.3, -0.25) is 0 Å². The lowest BCUT2D eigenvalue weighted by Crippen LogP contribution is -2.41. The fourth-order valence-corrected chi connectivity index (χ4v) is 5.82. The second-order valence-corrected chi connectivity index (χ2v) is 8.50. The molecule has 2 N–H and O–H groups in total. The first-order chi connectivity index (χ1) is 9.47.